The third-order valence-corrected chi connectivity index (χ3v) is 4.04. The van der Waals surface area contributed by atoms with Crippen LogP contribution in [0.4, 0.5) is 4.39 Å². The van der Waals surface area contributed by atoms with E-state index in [1.165, 1.54) is 11.8 Å². The molecule has 1 aromatic heterocycles. The number of hydrogen-bond acceptors (Lipinski definition) is 1. The lowest BCUT2D eigenvalue weighted by molar-refractivity contribution is 0.618. The highest BCUT2D eigenvalue weighted by Crippen LogP contribution is 2.34. The Labute approximate surface area is 108 Å². The average Bonchev–Trinajstić information content (AvgIpc) is 2.86. The minimum Gasteiger partial charge on any atom is -0.268 e. The zero-order valence-electron chi connectivity index (χ0n) is 9.50. The average molecular weight is 295 g/mol. The Morgan fingerprint density at radius 3 is 2.94 bits per heavy atom. The molecule has 0 radical (unpaired) electrons. The lowest BCUT2D eigenvalue weighted by atomic mass is 10.1. The van der Waals surface area contributed by atoms with Gasteiger partial charge >= 0.3 is 0 Å². The van der Waals surface area contributed by atoms with E-state index in [0.717, 1.165) is 35.1 Å². The lowest BCUT2D eigenvalue weighted by Crippen LogP contribution is -1.94. The van der Waals surface area contributed by atoms with Crippen molar-refractivity contribution in [2.24, 2.45) is 0 Å². The van der Waals surface area contributed by atoms with Gasteiger partial charge in [0.2, 0.25) is 0 Å². The molecule has 4 heteroatoms. The van der Waals surface area contributed by atoms with Gasteiger partial charge < -0.3 is 0 Å². The van der Waals surface area contributed by atoms with E-state index in [4.69, 9.17) is 0 Å². The highest BCUT2D eigenvalue weighted by atomic mass is 79.9. The van der Waals surface area contributed by atoms with Crippen molar-refractivity contribution < 1.29 is 4.39 Å². The Balaban J connectivity index is 2.12. The molecule has 0 saturated carbocycles. The standard InChI is InChI=1S/C13H12BrFN2/c1-8-7-9(4-5-10(8)15)13-12(14)11-3-2-6-17(11)16-13/h4-5,7H,2-3,6H2,1H3. The smallest absolute Gasteiger partial charge is 0.126 e. The van der Waals surface area contributed by atoms with Crippen LogP contribution in [0.2, 0.25) is 0 Å². The second-order valence-electron chi connectivity index (χ2n) is 4.40. The molecule has 0 atom stereocenters. The molecule has 2 aromatic rings. The van der Waals surface area contributed by atoms with Gasteiger partial charge in [-0.1, -0.05) is 0 Å². The summed E-state index contributed by atoms with van der Waals surface area (Å²) >= 11 is 3.60. The molecule has 1 aliphatic heterocycles. The normalized spacial score (nSPS) is 14.1. The van der Waals surface area contributed by atoms with Crippen molar-refractivity contribution in [1.29, 1.82) is 0 Å². The molecule has 0 aliphatic carbocycles. The molecule has 0 unspecified atom stereocenters. The Bertz CT molecular complexity index is 589. The van der Waals surface area contributed by atoms with E-state index in [0.29, 0.717) is 5.56 Å². The van der Waals surface area contributed by atoms with E-state index in [2.05, 4.69) is 21.0 Å². The first-order chi connectivity index (χ1) is 8.16. The van der Waals surface area contributed by atoms with Gasteiger partial charge in [0.05, 0.1) is 10.2 Å². The fraction of sp³-hybridized carbons (Fsp3) is 0.308. The summed E-state index contributed by atoms with van der Waals surface area (Å²) in [6.07, 6.45) is 2.22. The highest BCUT2D eigenvalue weighted by molar-refractivity contribution is 9.10. The molecule has 3 rings (SSSR count). The molecule has 0 N–H and O–H groups in total. The zero-order valence-corrected chi connectivity index (χ0v) is 11.1. The van der Waals surface area contributed by atoms with Crippen LogP contribution < -0.4 is 0 Å². The van der Waals surface area contributed by atoms with Crippen LogP contribution >= 0.6 is 15.9 Å². The van der Waals surface area contributed by atoms with E-state index in [1.807, 2.05) is 10.7 Å². The molecule has 17 heavy (non-hydrogen) atoms. The lowest BCUT2D eigenvalue weighted by Gasteiger charge is -2.01. The summed E-state index contributed by atoms with van der Waals surface area (Å²) in [5.41, 5.74) is 3.80. The minimum atomic E-state index is -0.170. The molecular formula is C13H12BrFN2. The van der Waals surface area contributed by atoms with Crippen molar-refractivity contribution in [3.63, 3.8) is 0 Å². The van der Waals surface area contributed by atoms with Gasteiger partial charge in [0.1, 0.15) is 11.5 Å². The number of hydrogen-bond donors (Lipinski definition) is 0. The van der Waals surface area contributed by atoms with Gasteiger partial charge in [-0.15, -0.1) is 0 Å². The molecular weight excluding hydrogens is 283 g/mol. The summed E-state index contributed by atoms with van der Waals surface area (Å²) < 4.78 is 16.3. The number of aromatic nitrogens is 2. The van der Waals surface area contributed by atoms with Crippen LogP contribution in [0.25, 0.3) is 11.3 Å². The van der Waals surface area contributed by atoms with Gasteiger partial charge in [0.25, 0.3) is 0 Å². The quantitative estimate of drug-likeness (QED) is 0.784. The summed E-state index contributed by atoms with van der Waals surface area (Å²) in [5, 5.41) is 4.58. The summed E-state index contributed by atoms with van der Waals surface area (Å²) in [4.78, 5) is 0. The van der Waals surface area contributed by atoms with Crippen molar-refractivity contribution in [2.45, 2.75) is 26.3 Å². The Kier molecular flexibility index (Phi) is 2.54. The number of rotatable bonds is 1. The predicted molar refractivity (Wildman–Crippen MR) is 68.4 cm³/mol. The van der Waals surface area contributed by atoms with Crippen LogP contribution in [0.1, 0.15) is 17.7 Å². The maximum absolute atomic E-state index is 13.2. The SMILES string of the molecule is Cc1cc(-c2nn3c(c2Br)CCC3)ccc1F. The second-order valence-corrected chi connectivity index (χ2v) is 5.19. The molecule has 1 aromatic carbocycles. The summed E-state index contributed by atoms with van der Waals surface area (Å²) in [6, 6.07) is 5.13. The van der Waals surface area contributed by atoms with Crippen LogP contribution in [-0.2, 0) is 13.0 Å². The fourth-order valence-electron chi connectivity index (χ4n) is 2.27. The summed E-state index contributed by atoms with van der Waals surface area (Å²) in [6.45, 7) is 2.75. The first kappa shape index (κ1) is 11.0. The van der Waals surface area contributed by atoms with Gasteiger partial charge in [0, 0.05) is 12.1 Å². The van der Waals surface area contributed by atoms with E-state index in [9.17, 15) is 4.39 Å². The predicted octanol–water partition coefficient (Wildman–Crippen LogP) is 3.71. The van der Waals surface area contributed by atoms with Crippen LogP contribution in [0, 0.1) is 12.7 Å². The first-order valence-corrected chi connectivity index (χ1v) is 6.48. The summed E-state index contributed by atoms with van der Waals surface area (Å²) in [5.74, 6) is -0.170. The third kappa shape index (κ3) is 1.71. The number of nitrogens with zero attached hydrogens (tertiary/aromatic N) is 2. The van der Waals surface area contributed by atoms with E-state index >= 15 is 0 Å². The molecule has 1 aliphatic rings. The maximum atomic E-state index is 13.2. The van der Waals surface area contributed by atoms with Gasteiger partial charge in [-0.3, -0.25) is 4.68 Å². The topological polar surface area (TPSA) is 17.8 Å². The molecule has 0 fully saturated rings. The van der Waals surface area contributed by atoms with Crippen molar-refractivity contribution in [3.8, 4) is 11.3 Å². The van der Waals surface area contributed by atoms with Crippen molar-refractivity contribution in [2.75, 3.05) is 0 Å². The highest BCUT2D eigenvalue weighted by Gasteiger charge is 2.20. The molecule has 0 spiro atoms. The fourth-order valence-corrected chi connectivity index (χ4v) is 2.98. The Hall–Kier alpha value is -1.16. The first-order valence-electron chi connectivity index (χ1n) is 5.68. The van der Waals surface area contributed by atoms with Crippen LogP contribution in [0.15, 0.2) is 22.7 Å². The third-order valence-electron chi connectivity index (χ3n) is 3.21. The van der Waals surface area contributed by atoms with Crippen LogP contribution in [0.3, 0.4) is 0 Å². The van der Waals surface area contributed by atoms with Crippen LogP contribution in [0.5, 0.6) is 0 Å². The van der Waals surface area contributed by atoms with E-state index in [-0.39, 0.29) is 5.82 Å². The van der Waals surface area contributed by atoms with Gasteiger partial charge in [0.15, 0.2) is 0 Å². The summed E-state index contributed by atoms with van der Waals surface area (Å²) in [7, 11) is 0. The van der Waals surface area contributed by atoms with Crippen LogP contribution in [-0.4, -0.2) is 9.78 Å². The molecule has 0 bridgehead atoms. The van der Waals surface area contributed by atoms with E-state index in [1.54, 1.807) is 13.0 Å². The Morgan fingerprint density at radius 1 is 1.41 bits per heavy atom. The number of halogens is 2. The molecule has 2 heterocycles. The Morgan fingerprint density at radius 2 is 2.24 bits per heavy atom. The molecule has 2 nitrogen and oxygen atoms in total. The number of aryl methyl sites for hydroxylation is 2. The van der Waals surface area contributed by atoms with Gasteiger partial charge in [-0.25, -0.2) is 4.39 Å². The number of benzene rings is 1. The minimum absolute atomic E-state index is 0.170. The monoisotopic (exact) mass is 294 g/mol. The molecule has 0 amide bonds. The molecule has 88 valence electrons. The van der Waals surface area contributed by atoms with Gasteiger partial charge in [-0.2, -0.15) is 5.10 Å². The van der Waals surface area contributed by atoms with E-state index < -0.39 is 0 Å². The largest absolute Gasteiger partial charge is 0.268 e. The maximum Gasteiger partial charge on any atom is 0.126 e. The molecule has 0 saturated heterocycles. The zero-order chi connectivity index (χ0) is 12.0. The van der Waals surface area contributed by atoms with Gasteiger partial charge in [-0.05, 0) is 59.5 Å². The van der Waals surface area contributed by atoms with Crippen molar-refractivity contribution >= 4 is 15.9 Å². The second kappa shape index (κ2) is 3.95. The van der Waals surface area contributed by atoms with Crippen molar-refractivity contribution in [3.05, 3.63) is 39.7 Å². The number of fused-ring (bicyclic) bond motifs is 1. The van der Waals surface area contributed by atoms with Crippen molar-refractivity contribution in [1.82, 2.24) is 9.78 Å².